The molecular formula is C28H36BrFN6O2. The lowest BCUT2D eigenvalue weighted by Crippen LogP contribution is -2.39. The van der Waals surface area contributed by atoms with E-state index >= 15 is 0 Å². The van der Waals surface area contributed by atoms with Crippen molar-refractivity contribution in [3.8, 4) is 0 Å². The number of benzene rings is 1. The maximum absolute atomic E-state index is 14.1. The van der Waals surface area contributed by atoms with E-state index in [0.29, 0.717) is 33.5 Å². The van der Waals surface area contributed by atoms with E-state index in [0.717, 1.165) is 43.0 Å². The van der Waals surface area contributed by atoms with Gasteiger partial charge in [0.25, 0.3) is 0 Å². The first-order valence-corrected chi connectivity index (χ1v) is 13.4. The Bertz CT molecular complexity index is 1260. The van der Waals surface area contributed by atoms with Gasteiger partial charge in [0.2, 0.25) is 5.95 Å². The van der Waals surface area contributed by atoms with Crippen LogP contribution in [0.3, 0.4) is 0 Å². The van der Waals surface area contributed by atoms with E-state index in [-0.39, 0.29) is 6.04 Å². The highest BCUT2D eigenvalue weighted by Gasteiger charge is 2.31. The van der Waals surface area contributed by atoms with Crippen LogP contribution in [0.1, 0.15) is 32.3 Å². The number of anilines is 3. The molecule has 10 heteroatoms. The summed E-state index contributed by atoms with van der Waals surface area (Å²) < 4.78 is 20.4. The quantitative estimate of drug-likeness (QED) is 0.372. The molecule has 2 aliphatic rings. The number of rotatable bonds is 9. The highest BCUT2D eigenvalue weighted by Crippen LogP contribution is 2.34. The number of hydrogen-bond donors (Lipinski definition) is 3. The first kappa shape index (κ1) is 28.1. The van der Waals surface area contributed by atoms with Crippen LogP contribution in [0.2, 0.25) is 0 Å². The molecule has 2 atom stereocenters. The molecule has 0 bridgehead atoms. The highest BCUT2D eigenvalue weighted by molar-refractivity contribution is 9.10. The van der Waals surface area contributed by atoms with Crippen molar-refractivity contribution in [2.24, 2.45) is 0 Å². The number of likely N-dealkylation sites (N-methyl/N-ethyl adjacent to an activating group) is 1. The van der Waals surface area contributed by atoms with Crippen LogP contribution in [-0.4, -0.2) is 71.3 Å². The van der Waals surface area contributed by atoms with Crippen LogP contribution in [0, 0.1) is 5.82 Å². The van der Waals surface area contributed by atoms with Gasteiger partial charge >= 0.3 is 0 Å². The molecule has 1 aromatic heterocycles. The van der Waals surface area contributed by atoms with Crippen molar-refractivity contribution in [1.29, 1.82) is 0 Å². The SMILES string of the molecule is C=C1C=C(N2CCCC2CN(C)C)C(OC)=C[C@H]1Nc1ncc(Br)c(Nc2cc(F)ccc2C(C)(C)O)n1. The molecule has 1 fully saturated rings. The summed E-state index contributed by atoms with van der Waals surface area (Å²) in [7, 11) is 5.87. The second-order valence-corrected chi connectivity index (χ2v) is 11.3. The predicted octanol–water partition coefficient (Wildman–Crippen LogP) is 5.14. The predicted molar refractivity (Wildman–Crippen MR) is 153 cm³/mol. The first-order valence-electron chi connectivity index (χ1n) is 12.6. The van der Waals surface area contributed by atoms with Crippen molar-refractivity contribution in [3.05, 3.63) is 76.0 Å². The summed E-state index contributed by atoms with van der Waals surface area (Å²) in [4.78, 5) is 13.6. The number of aliphatic hydroxyl groups is 1. The molecule has 0 amide bonds. The monoisotopic (exact) mass is 586 g/mol. The van der Waals surface area contributed by atoms with Crippen LogP contribution in [0.5, 0.6) is 0 Å². The van der Waals surface area contributed by atoms with Crippen LogP contribution < -0.4 is 10.6 Å². The summed E-state index contributed by atoms with van der Waals surface area (Å²) in [6.07, 6.45) is 7.98. The summed E-state index contributed by atoms with van der Waals surface area (Å²) in [6.45, 7) is 9.55. The highest BCUT2D eigenvalue weighted by atomic mass is 79.9. The minimum atomic E-state index is -1.18. The van der Waals surface area contributed by atoms with Gasteiger partial charge in [-0.1, -0.05) is 12.6 Å². The maximum Gasteiger partial charge on any atom is 0.225 e. The smallest absolute Gasteiger partial charge is 0.225 e. The largest absolute Gasteiger partial charge is 0.495 e. The van der Waals surface area contributed by atoms with E-state index in [9.17, 15) is 9.50 Å². The molecule has 0 saturated carbocycles. The van der Waals surface area contributed by atoms with Crippen molar-refractivity contribution < 1.29 is 14.2 Å². The first-order chi connectivity index (χ1) is 18.0. The molecule has 1 aliphatic carbocycles. The number of methoxy groups -OCH3 is 1. The molecule has 2 heterocycles. The van der Waals surface area contributed by atoms with E-state index < -0.39 is 11.4 Å². The van der Waals surface area contributed by atoms with Crippen molar-refractivity contribution in [3.63, 3.8) is 0 Å². The zero-order valence-corrected chi connectivity index (χ0v) is 24.1. The summed E-state index contributed by atoms with van der Waals surface area (Å²) in [5.74, 6) is 1.15. The van der Waals surface area contributed by atoms with Crippen molar-refractivity contribution in [2.45, 2.75) is 44.4 Å². The third-order valence-electron chi connectivity index (χ3n) is 6.70. The molecule has 2 aromatic rings. The number of ether oxygens (including phenoxy) is 1. The van der Waals surface area contributed by atoms with Crippen LogP contribution in [0.25, 0.3) is 0 Å². The third-order valence-corrected chi connectivity index (χ3v) is 7.28. The summed E-state index contributed by atoms with van der Waals surface area (Å²) >= 11 is 3.47. The maximum atomic E-state index is 14.1. The molecule has 4 rings (SSSR count). The molecule has 8 nitrogen and oxygen atoms in total. The van der Waals surface area contributed by atoms with E-state index in [4.69, 9.17) is 4.74 Å². The third kappa shape index (κ3) is 6.36. The Balaban J connectivity index is 1.56. The van der Waals surface area contributed by atoms with Gasteiger partial charge in [-0.2, -0.15) is 4.98 Å². The Labute approximate surface area is 232 Å². The Morgan fingerprint density at radius 2 is 2.11 bits per heavy atom. The number of nitrogens with zero attached hydrogens (tertiary/aromatic N) is 4. The molecule has 0 radical (unpaired) electrons. The molecule has 1 saturated heterocycles. The Morgan fingerprint density at radius 3 is 2.79 bits per heavy atom. The lowest BCUT2D eigenvalue weighted by atomic mass is 9.96. The number of likely N-dealkylation sites (tertiary alicyclic amines) is 1. The van der Waals surface area contributed by atoms with Gasteiger partial charge in [0.05, 0.1) is 28.9 Å². The van der Waals surface area contributed by atoms with Gasteiger partial charge in [-0.25, -0.2) is 9.37 Å². The molecule has 204 valence electrons. The topological polar surface area (TPSA) is 85.8 Å². The van der Waals surface area contributed by atoms with Gasteiger partial charge in [-0.05, 0) is 86.6 Å². The number of nitrogens with one attached hydrogen (secondary N) is 2. The van der Waals surface area contributed by atoms with Crippen molar-refractivity contribution in [1.82, 2.24) is 19.8 Å². The molecular weight excluding hydrogens is 551 g/mol. The lowest BCUT2D eigenvalue weighted by Gasteiger charge is -2.34. The van der Waals surface area contributed by atoms with Crippen LogP contribution in [-0.2, 0) is 10.3 Å². The fourth-order valence-corrected chi connectivity index (χ4v) is 5.21. The zero-order valence-electron chi connectivity index (χ0n) is 22.6. The molecule has 38 heavy (non-hydrogen) atoms. The summed E-state index contributed by atoms with van der Waals surface area (Å²) in [5, 5.41) is 17.0. The Hall–Kier alpha value is -2.95. The summed E-state index contributed by atoms with van der Waals surface area (Å²) in [5.41, 5.74) is 1.69. The van der Waals surface area contributed by atoms with E-state index in [1.54, 1.807) is 33.2 Å². The van der Waals surface area contributed by atoms with Crippen LogP contribution >= 0.6 is 15.9 Å². The van der Waals surface area contributed by atoms with Gasteiger partial charge < -0.3 is 30.3 Å². The molecule has 1 aliphatic heterocycles. The number of halogens is 2. The second-order valence-electron chi connectivity index (χ2n) is 10.5. The summed E-state index contributed by atoms with van der Waals surface area (Å²) in [6, 6.07) is 4.36. The van der Waals surface area contributed by atoms with Crippen molar-refractivity contribution >= 4 is 33.4 Å². The van der Waals surface area contributed by atoms with Gasteiger partial charge in [-0.3, -0.25) is 0 Å². The number of aromatic nitrogens is 2. The number of hydrogen-bond acceptors (Lipinski definition) is 8. The van der Waals surface area contributed by atoms with E-state index in [1.165, 1.54) is 12.1 Å². The Morgan fingerprint density at radius 1 is 1.34 bits per heavy atom. The molecule has 0 spiro atoms. The van der Waals surface area contributed by atoms with E-state index in [1.807, 2.05) is 6.08 Å². The minimum absolute atomic E-state index is 0.279. The normalized spacial score (nSPS) is 19.9. The zero-order chi connectivity index (χ0) is 27.6. The average molecular weight is 588 g/mol. The fraction of sp³-hybridized carbons (Fsp3) is 0.429. The van der Waals surface area contributed by atoms with Gasteiger partial charge in [0.1, 0.15) is 17.4 Å². The molecule has 3 N–H and O–H groups in total. The fourth-order valence-electron chi connectivity index (χ4n) is 4.92. The molecule has 1 unspecified atom stereocenters. The van der Waals surface area contributed by atoms with Crippen molar-refractivity contribution in [2.75, 3.05) is 44.9 Å². The standard InChI is InChI=1S/C28H36BrFN6O2/c1-17-12-24(36-11-7-8-19(36)16-35(4)5)25(38-6)14-22(17)33-27-31-15-21(29)26(34-27)32-23-13-18(30)9-10-20(23)28(2,3)37/h9-10,12-15,19,22,37H,1,7-8,11,16H2,2-6H3,(H2,31,32,33,34)/t19?,22-/m1/s1. The molecule has 1 aromatic carbocycles. The average Bonchev–Trinajstić information content (AvgIpc) is 3.28. The Kier molecular flexibility index (Phi) is 8.44. The second kappa shape index (κ2) is 11.4. The van der Waals surface area contributed by atoms with Gasteiger partial charge in [0.15, 0.2) is 0 Å². The van der Waals surface area contributed by atoms with Gasteiger partial charge in [-0.15, -0.1) is 0 Å². The van der Waals surface area contributed by atoms with Gasteiger partial charge in [0, 0.05) is 36.6 Å². The van der Waals surface area contributed by atoms with E-state index in [2.05, 4.69) is 73.1 Å². The van der Waals surface area contributed by atoms with Crippen LogP contribution in [0.4, 0.5) is 21.8 Å². The lowest BCUT2D eigenvalue weighted by molar-refractivity contribution is 0.0793. The van der Waals surface area contributed by atoms with Crippen LogP contribution in [0.15, 0.2) is 64.6 Å². The minimum Gasteiger partial charge on any atom is -0.495 e.